The number of thiophene rings is 1. The van der Waals surface area contributed by atoms with Crippen LogP contribution < -0.4 is 10.6 Å². The fraction of sp³-hybridized carbons (Fsp3) is 0.136. The number of hydrogen-bond donors (Lipinski definition) is 2. The first-order valence-corrected chi connectivity index (χ1v) is 9.96. The Morgan fingerprint density at radius 3 is 2.30 bits per heavy atom. The Balaban J connectivity index is 1.96. The third-order valence-corrected chi connectivity index (χ3v) is 5.42. The van der Waals surface area contributed by atoms with E-state index >= 15 is 0 Å². The maximum atomic E-state index is 14.0. The summed E-state index contributed by atoms with van der Waals surface area (Å²) in [7, 11) is 0. The van der Waals surface area contributed by atoms with E-state index in [1.807, 2.05) is 6.07 Å². The van der Waals surface area contributed by atoms with E-state index < -0.39 is 23.6 Å². The summed E-state index contributed by atoms with van der Waals surface area (Å²) >= 11 is 0.929. The highest BCUT2D eigenvalue weighted by atomic mass is 32.1. The van der Waals surface area contributed by atoms with Gasteiger partial charge in [-0.15, -0.1) is 11.3 Å². The zero-order valence-electron chi connectivity index (χ0n) is 16.3. The van der Waals surface area contributed by atoms with Crippen molar-refractivity contribution in [3.8, 4) is 0 Å². The summed E-state index contributed by atoms with van der Waals surface area (Å²) < 4.78 is 19.0. The molecule has 154 valence electrons. The van der Waals surface area contributed by atoms with Gasteiger partial charge < -0.3 is 15.4 Å². The topological polar surface area (TPSA) is 84.5 Å². The summed E-state index contributed by atoms with van der Waals surface area (Å²) in [5, 5.41) is 5.42. The number of hydrogen-bond acceptors (Lipinski definition) is 5. The van der Waals surface area contributed by atoms with Crippen LogP contribution in [0.1, 0.15) is 42.9 Å². The lowest BCUT2D eigenvalue weighted by atomic mass is 10.1. The summed E-state index contributed by atoms with van der Waals surface area (Å²) in [5.74, 6) is -2.52. The number of carbonyl (C=O) groups is 3. The monoisotopic (exact) mass is 426 g/mol. The molecule has 0 bridgehead atoms. The van der Waals surface area contributed by atoms with Crippen LogP contribution in [-0.4, -0.2) is 24.4 Å². The van der Waals surface area contributed by atoms with Crippen molar-refractivity contribution in [2.24, 2.45) is 0 Å². The molecule has 2 amide bonds. The van der Waals surface area contributed by atoms with Crippen LogP contribution in [0.25, 0.3) is 0 Å². The number of benzene rings is 2. The number of amides is 2. The highest BCUT2D eigenvalue weighted by Crippen LogP contribution is 2.34. The normalized spacial score (nSPS) is 10.4. The third kappa shape index (κ3) is 4.55. The maximum absolute atomic E-state index is 14.0. The second-order valence-corrected chi connectivity index (χ2v) is 7.26. The van der Waals surface area contributed by atoms with Gasteiger partial charge in [-0.2, -0.15) is 0 Å². The van der Waals surface area contributed by atoms with E-state index in [1.165, 1.54) is 24.3 Å². The summed E-state index contributed by atoms with van der Waals surface area (Å²) in [5.41, 5.74) is 0.860. The average molecular weight is 426 g/mol. The van der Waals surface area contributed by atoms with Gasteiger partial charge in [0.25, 0.3) is 11.8 Å². The van der Waals surface area contributed by atoms with Crippen LogP contribution in [0.15, 0.2) is 54.6 Å². The molecule has 2 N–H and O–H groups in total. The molecule has 0 saturated heterocycles. The number of carbonyl (C=O) groups excluding carboxylic acids is 3. The molecule has 1 aromatic heterocycles. The first kappa shape index (κ1) is 21.2. The molecule has 0 fully saturated rings. The van der Waals surface area contributed by atoms with Crippen molar-refractivity contribution in [1.82, 2.24) is 0 Å². The van der Waals surface area contributed by atoms with Gasteiger partial charge in [-0.05, 0) is 43.7 Å². The van der Waals surface area contributed by atoms with E-state index in [1.54, 1.807) is 38.1 Å². The molecule has 3 aromatic rings. The quantitative estimate of drug-likeness (QED) is 0.551. The highest BCUT2D eigenvalue weighted by molar-refractivity contribution is 7.19. The van der Waals surface area contributed by atoms with Gasteiger partial charge in [-0.25, -0.2) is 9.18 Å². The molecule has 2 aromatic carbocycles. The minimum atomic E-state index is -0.727. The van der Waals surface area contributed by atoms with Gasteiger partial charge in [0.15, 0.2) is 0 Å². The van der Waals surface area contributed by atoms with Crippen molar-refractivity contribution >= 4 is 39.8 Å². The summed E-state index contributed by atoms with van der Waals surface area (Å²) in [4.78, 5) is 38.1. The molecule has 0 atom stereocenters. The van der Waals surface area contributed by atoms with Crippen LogP contribution in [-0.2, 0) is 4.74 Å². The van der Waals surface area contributed by atoms with Crippen molar-refractivity contribution < 1.29 is 23.5 Å². The van der Waals surface area contributed by atoms with E-state index in [4.69, 9.17) is 4.74 Å². The van der Waals surface area contributed by atoms with E-state index in [-0.39, 0.29) is 27.6 Å². The number of rotatable bonds is 6. The first-order valence-electron chi connectivity index (χ1n) is 9.15. The third-order valence-electron chi connectivity index (χ3n) is 4.21. The maximum Gasteiger partial charge on any atom is 0.341 e. The molecule has 30 heavy (non-hydrogen) atoms. The van der Waals surface area contributed by atoms with Crippen molar-refractivity contribution in [3.63, 3.8) is 0 Å². The zero-order valence-corrected chi connectivity index (χ0v) is 17.1. The van der Waals surface area contributed by atoms with Crippen LogP contribution in [0.5, 0.6) is 0 Å². The molecule has 0 aliphatic rings. The smallest absolute Gasteiger partial charge is 0.341 e. The van der Waals surface area contributed by atoms with Crippen LogP contribution in [0.3, 0.4) is 0 Å². The fourth-order valence-electron chi connectivity index (χ4n) is 2.79. The second kappa shape index (κ2) is 9.32. The van der Waals surface area contributed by atoms with E-state index in [2.05, 4.69) is 10.6 Å². The summed E-state index contributed by atoms with van der Waals surface area (Å²) in [6, 6.07) is 14.3. The highest BCUT2D eigenvalue weighted by Gasteiger charge is 2.27. The van der Waals surface area contributed by atoms with Gasteiger partial charge in [-0.3, -0.25) is 9.59 Å². The number of halogens is 1. The molecule has 0 radical (unpaired) electrons. The molecular weight excluding hydrogens is 407 g/mol. The lowest BCUT2D eigenvalue weighted by Gasteiger charge is -2.07. The number of para-hydroxylation sites is 1. The molecule has 0 aliphatic carbocycles. The van der Waals surface area contributed by atoms with Crippen molar-refractivity contribution in [3.05, 3.63) is 82.0 Å². The van der Waals surface area contributed by atoms with Crippen LogP contribution in [0, 0.1) is 12.7 Å². The summed E-state index contributed by atoms with van der Waals surface area (Å²) in [6.45, 7) is 3.38. The minimum absolute atomic E-state index is 0.0738. The van der Waals surface area contributed by atoms with Crippen molar-refractivity contribution in [2.45, 2.75) is 13.8 Å². The van der Waals surface area contributed by atoms with Crippen molar-refractivity contribution in [2.75, 3.05) is 17.2 Å². The Bertz CT molecular complexity index is 1100. The summed E-state index contributed by atoms with van der Waals surface area (Å²) in [6.07, 6.45) is 0. The van der Waals surface area contributed by atoms with Gasteiger partial charge in [0.05, 0.1) is 22.6 Å². The Morgan fingerprint density at radius 1 is 0.967 bits per heavy atom. The van der Waals surface area contributed by atoms with Crippen LogP contribution in [0.4, 0.5) is 15.1 Å². The van der Waals surface area contributed by atoms with Crippen LogP contribution >= 0.6 is 11.3 Å². The standard InChI is InChI=1S/C22H19FN2O4S/c1-3-29-22(28)17-13(2)18(20(27)24-14-9-5-4-6-10-14)30-21(17)25-19(26)15-11-7-8-12-16(15)23/h4-12H,3H2,1-2H3,(H,24,27)(H,25,26). The zero-order chi connectivity index (χ0) is 21.7. The number of anilines is 2. The fourth-order valence-corrected chi connectivity index (χ4v) is 3.88. The SMILES string of the molecule is CCOC(=O)c1c(NC(=O)c2ccccc2F)sc(C(=O)Nc2ccccc2)c1C. The number of nitrogens with one attached hydrogen (secondary N) is 2. The van der Waals surface area contributed by atoms with E-state index in [0.717, 1.165) is 11.3 Å². The van der Waals surface area contributed by atoms with Crippen molar-refractivity contribution in [1.29, 1.82) is 0 Å². The van der Waals surface area contributed by atoms with Gasteiger partial charge in [0.2, 0.25) is 0 Å². The Hall–Kier alpha value is -3.52. The molecule has 0 saturated carbocycles. The largest absolute Gasteiger partial charge is 0.462 e. The molecule has 6 nitrogen and oxygen atoms in total. The Morgan fingerprint density at radius 2 is 1.63 bits per heavy atom. The van der Waals surface area contributed by atoms with Gasteiger partial charge in [-0.1, -0.05) is 30.3 Å². The molecule has 1 heterocycles. The molecule has 3 rings (SSSR count). The predicted molar refractivity (Wildman–Crippen MR) is 114 cm³/mol. The molecule has 0 aliphatic heterocycles. The van der Waals surface area contributed by atoms with Crippen LogP contribution in [0.2, 0.25) is 0 Å². The number of esters is 1. The molecular formula is C22H19FN2O4S. The second-order valence-electron chi connectivity index (χ2n) is 6.23. The van der Waals surface area contributed by atoms with Gasteiger partial charge in [0, 0.05) is 5.69 Å². The predicted octanol–water partition coefficient (Wildman–Crippen LogP) is 4.88. The molecule has 8 heteroatoms. The first-order chi connectivity index (χ1) is 14.4. The number of ether oxygens (including phenoxy) is 1. The lowest BCUT2D eigenvalue weighted by molar-refractivity contribution is 0.0527. The van der Waals surface area contributed by atoms with Gasteiger partial charge >= 0.3 is 5.97 Å². The van der Waals surface area contributed by atoms with Gasteiger partial charge in [0.1, 0.15) is 10.8 Å². The minimum Gasteiger partial charge on any atom is -0.462 e. The van der Waals surface area contributed by atoms with E-state index in [9.17, 15) is 18.8 Å². The Kier molecular flexibility index (Phi) is 6.58. The van der Waals surface area contributed by atoms with E-state index in [0.29, 0.717) is 11.3 Å². The average Bonchev–Trinajstić information content (AvgIpc) is 3.05. The molecule has 0 spiro atoms. The Labute approximate surface area is 176 Å². The lowest BCUT2D eigenvalue weighted by Crippen LogP contribution is -2.16. The molecule has 0 unspecified atom stereocenters.